The fraction of sp³-hybridized carbons (Fsp3) is 0.286. The summed E-state index contributed by atoms with van der Waals surface area (Å²) in [6.07, 6.45) is 6.60. The second-order valence-electron chi connectivity index (χ2n) is 9.76. The molecule has 40 heavy (non-hydrogen) atoms. The average Bonchev–Trinajstić information content (AvgIpc) is 3.43. The number of anilines is 1. The maximum absolute atomic E-state index is 14.0. The van der Waals surface area contributed by atoms with Gasteiger partial charge in [-0.1, -0.05) is 35.3 Å². The number of aromatic nitrogens is 3. The van der Waals surface area contributed by atoms with Crippen molar-refractivity contribution in [3.05, 3.63) is 98.2 Å². The van der Waals surface area contributed by atoms with Gasteiger partial charge in [0.05, 0.1) is 22.2 Å². The first kappa shape index (κ1) is 27.8. The van der Waals surface area contributed by atoms with Crippen LogP contribution in [0.5, 0.6) is 5.75 Å². The van der Waals surface area contributed by atoms with Crippen molar-refractivity contribution in [3.63, 3.8) is 0 Å². The first-order valence-electron chi connectivity index (χ1n) is 12.8. The molecule has 2 aromatic carbocycles. The standard InChI is InChI=1S/C28H27Cl2FN6O3/c1-17(26-23(29)6-7-24(31)27(26)30)40-25-12-19(13-33-28(25)32)20-14-34-36(16-20)21-8-10-35(11-9-21)15-18-2-4-22(5-3-18)37(38)39/h2-7,12-14,16-17,21H,8-11,15H2,1H3,(H2,32,33)/t17-/m1/s1. The maximum Gasteiger partial charge on any atom is 0.269 e. The normalized spacial score (nSPS) is 15.2. The minimum absolute atomic E-state index is 0.0947. The number of nitrogens with two attached hydrogens (primary N) is 1. The molecule has 208 valence electrons. The lowest BCUT2D eigenvalue weighted by atomic mass is 10.0. The summed E-state index contributed by atoms with van der Waals surface area (Å²) in [4.78, 5) is 17.1. The van der Waals surface area contributed by atoms with E-state index < -0.39 is 11.9 Å². The van der Waals surface area contributed by atoms with Crippen molar-refractivity contribution >= 4 is 34.7 Å². The monoisotopic (exact) mass is 584 g/mol. The number of likely N-dealkylation sites (tertiary alicyclic amines) is 1. The van der Waals surface area contributed by atoms with Crippen LogP contribution in [0.25, 0.3) is 11.1 Å². The van der Waals surface area contributed by atoms with E-state index in [4.69, 9.17) is 33.7 Å². The highest BCUT2D eigenvalue weighted by molar-refractivity contribution is 6.36. The molecule has 0 saturated carbocycles. The van der Waals surface area contributed by atoms with Gasteiger partial charge < -0.3 is 10.5 Å². The van der Waals surface area contributed by atoms with Gasteiger partial charge in [0.1, 0.15) is 11.9 Å². The lowest BCUT2D eigenvalue weighted by Gasteiger charge is -2.32. The Balaban J connectivity index is 1.23. The fourth-order valence-corrected chi connectivity index (χ4v) is 5.56. The predicted octanol–water partition coefficient (Wildman–Crippen LogP) is 6.86. The third-order valence-corrected chi connectivity index (χ3v) is 7.80. The van der Waals surface area contributed by atoms with Crippen LogP contribution in [-0.4, -0.2) is 37.7 Å². The highest BCUT2D eigenvalue weighted by atomic mass is 35.5. The Kier molecular flexibility index (Phi) is 8.20. The topological polar surface area (TPSA) is 112 Å². The van der Waals surface area contributed by atoms with Crippen molar-refractivity contribution < 1.29 is 14.1 Å². The second-order valence-corrected chi connectivity index (χ2v) is 10.5. The molecule has 3 heterocycles. The van der Waals surface area contributed by atoms with E-state index in [1.54, 1.807) is 37.5 Å². The van der Waals surface area contributed by atoms with Gasteiger partial charge in [-0.25, -0.2) is 9.37 Å². The molecule has 0 bridgehead atoms. The first-order valence-corrected chi connectivity index (χ1v) is 13.5. The number of nitro groups is 1. The van der Waals surface area contributed by atoms with Crippen LogP contribution in [0.1, 0.15) is 43.0 Å². The van der Waals surface area contributed by atoms with Crippen LogP contribution in [-0.2, 0) is 6.54 Å². The third kappa shape index (κ3) is 6.04. The Labute approximate surface area is 240 Å². The fourth-order valence-electron chi connectivity index (χ4n) is 4.88. The minimum atomic E-state index is -0.672. The molecule has 4 aromatic rings. The number of pyridine rings is 1. The Morgan fingerprint density at radius 3 is 2.58 bits per heavy atom. The van der Waals surface area contributed by atoms with Gasteiger partial charge in [-0.2, -0.15) is 5.10 Å². The molecule has 2 aromatic heterocycles. The van der Waals surface area contributed by atoms with Gasteiger partial charge in [0.2, 0.25) is 0 Å². The number of rotatable bonds is 8. The molecular formula is C28H27Cl2FN6O3. The van der Waals surface area contributed by atoms with E-state index in [0.717, 1.165) is 49.2 Å². The molecule has 1 aliphatic rings. The quantitative estimate of drug-likeness (QED) is 0.137. The van der Waals surface area contributed by atoms with Crippen LogP contribution in [0.15, 0.2) is 61.1 Å². The maximum atomic E-state index is 14.0. The van der Waals surface area contributed by atoms with Gasteiger partial charge in [-0.15, -0.1) is 0 Å². The molecule has 1 aliphatic heterocycles. The SMILES string of the molecule is C[C@@H](Oc1cc(-c2cnn(C3CCN(Cc4ccc([N+](=O)[O-])cc4)CC3)c2)cnc1N)c1c(Cl)ccc(F)c1Cl. The highest BCUT2D eigenvalue weighted by Gasteiger charge is 2.23. The van der Waals surface area contributed by atoms with Crippen LogP contribution in [0, 0.1) is 15.9 Å². The van der Waals surface area contributed by atoms with Crippen molar-refractivity contribution in [2.75, 3.05) is 18.8 Å². The lowest BCUT2D eigenvalue weighted by Crippen LogP contribution is -2.34. The van der Waals surface area contributed by atoms with Crippen molar-refractivity contribution in [2.45, 2.75) is 38.5 Å². The van der Waals surface area contributed by atoms with Crippen LogP contribution in [0.2, 0.25) is 10.0 Å². The number of hydrogen-bond donors (Lipinski definition) is 1. The Morgan fingerprint density at radius 2 is 1.88 bits per heavy atom. The minimum Gasteiger partial charge on any atom is -0.482 e. The van der Waals surface area contributed by atoms with E-state index in [9.17, 15) is 14.5 Å². The van der Waals surface area contributed by atoms with Crippen LogP contribution >= 0.6 is 23.2 Å². The van der Waals surface area contributed by atoms with E-state index in [2.05, 4.69) is 15.0 Å². The molecule has 0 unspecified atom stereocenters. The molecule has 0 aliphatic carbocycles. The number of nitrogens with zero attached hydrogens (tertiary/aromatic N) is 5. The summed E-state index contributed by atoms with van der Waals surface area (Å²) in [7, 11) is 0. The summed E-state index contributed by atoms with van der Waals surface area (Å²) in [6.45, 7) is 4.24. The van der Waals surface area contributed by atoms with E-state index in [-0.39, 0.29) is 27.5 Å². The molecule has 5 rings (SSSR count). The number of non-ortho nitro benzene ring substituents is 1. The summed E-state index contributed by atoms with van der Waals surface area (Å²) in [5, 5.41) is 15.7. The van der Waals surface area contributed by atoms with E-state index in [0.29, 0.717) is 16.3 Å². The number of halogens is 3. The molecule has 0 radical (unpaired) electrons. The third-order valence-electron chi connectivity index (χ3n) is 7.09. The van der Waals surface area contributed by atoms with E-state index >= 15 is 0 Å². The molecule has 1 atom stereocenters. The van der Waals surface area contributed by atoms with Gasteiger partial charge in [-0.3, -0.25) is 19.7 Å². The Hall–Kier alpha value is -3.73. The van der Waals surface area contributed by atoms with Crippen LogP contribution in [0.4, 0.5) is 15.9 Å². The highest BCUT2D eigenvalue weighted by Crippen LogP contribution is 2.37. The largest absolute Gasteiger partial charge is 0.482 e. The van der Waals surface area contributed by atoms with Gasteiger partial charge in [0.25, 0.3) is 5.69 Å². The molecular weight excluding hydrogens is 558 g/mol. The molecule has 0 spiro atoms. The summed E-state index contributed by atoms with van der Waals surface area (Å²) in [6, 6.07) is 11.4. The van der Waals surface area contributed by atoms with Crippen molar-refractivity contribution in [3.8, 4) is 16.9 Å². The number of nitro benzene ring substituents is 1. The summed E-state index contributed by atoms with van der Waals surface area (Å²) < 4.78 is 22.0. The van der Waals surface area contributed by atoms with Gasteiger partial charge in [0, 0.05) is 65.9 Å². The molecule has 9 nitrogen and oxygen atoms in total. The second kappa shape index (κ2) is 11.8. The number of nitrogen functional groups attached to an aromatic ring is 1. The first-order chi connectivity index (χ1) is 19.2. The van der Waals surface area contributed by atoms with E-state index in [1.807, 2.05) is 23.0 Å². The lowest BCUT2D eigenvalue weighted by molar-refractivity contribution is -0.384. The molecule has 0 amide bonds. The zero-order chi connectivity index (χ0) is 28.4. The zero-order valence-electron chi connectivity index (χ0n) is 21.6. The Morgan fingerprint density at radius 1 is 1.15 bits per heavy atom. The van der Waals surface area contributed by atoms with Crippen LogP contribution in [0.3, 0.4) is 0 Å². The average molecular weight is 585 g/mol. The molecule has 2 N–H and O–H groups in total. The number of piperidine rings is 1. The summed E-state index contributed by atoms with van der Waals surface area (Å²) in [5.74, 6) is -0.0679. The molecule has 1 saturated heterocycles. The molecule has 1 fully saturated rings. The van der Waals surface area contributed by atoms with Crippen molar-refractivity contribution in [1.82, 2.24) is 19.7 Å². The Bertz CT molecular complexity index is 1520. The van der Waals surface area contributed by atoms with Gasteiger partial charge >= 0.3 is 0 Å². The number of benzene rings is 2. The van der Waals surface area contributed by atoms with Crippen molar-refractivity contribution in [2.24, 2.45) is 0 Å². The summed E-state index contributed by atoms with van der Waals surface area (Å²) >= 11 is 12.4. The van der Waals surface area contributed by atoms with Gasteiger partial charge in [-0.05, 0) is 43.5 Å². The van der Waals surface area contributed by atoms with Crippen molar-refractivity contribution in [1.29, 1.82) is 0 Å². The van der Waals surface area contributed by atoms with Crippen LogP contribution < -0.4 is 10.5 Å². The zero-order valence-corrected chi connectivity index (χ0v) is 23.1. The van der Waals surface area contributed by atoms with Gasteiger partial charge in [0.15, 0.2) is 11.6 Å². The molecule has 12 heteroatoms. The predicted molar refractivity (Wildman–Crippen MR) is 152 cm³/mol. The number of hydrogen-bond acceptors (Lipinski definition) is 7. The number of ether oxygens (including phenoxy) is 1. The summed E-state index contributed by atoms with van der Waals surface area (Å²) in [5.41, 5.74) is 9.20. The smallest absolute Gasteiger partial charge is 0.269 e. The van der Waals surface area contributed by atoms with E-state index in [1.165, 1.54) is 12.1 Å².